The highest BCUT2D eigenvalue weighted by Gasteiger charge is 2.23. The highest BCUT2D eigenvalue weighted by atomic mass is 16.3. The molecule has 2 atom stereocenters. The molecule has 0 aromatic rings. The number of hydrogen-bond acceptors (Lipinski definition) is 1. The highest BCUT2D eigenvalue weighted by molar-refractivity contribution is 4.76. The van der Waals surface area contributed by atoms with Gasteiger partial charge in [-0.1, -0.05) is 32.6 Å². The van der Waals surface area contributed by atoms with E-state index in [2.05, 4.69) is 6.92 Å². The van der Waals surface area contributed by atoms with Crippen molar-refractivity contribution in [2.75, 3.05) is 0 Å². The number of unbranched alkanes of at least 4 members (excludes halogenated alkanes) is 2. The first-order chi connectivity index (χ1) is 5.34. The second-order valence-corrected chi connectivity index (χ2v) is 3.75. The lowest BCUT2D eigenvalue weighted by molar-refractivity contribution is 0.126. The van der Waals surface area contributed by atoms with Crippen molar-refractivity contribution >= 4 is 0 Å². The number of rotatable bonds is 4. The largest absolute Gasteiger partial charge is 0.393 e. The van der Waals surface area contributed by atoms with Crippen LogP contribution >= 0.6 is 0 Å². The maximum atomic E-state index is 9.49. The second kappa shape index (κ2) is 4.76. The van der Waals surface area contributed by atoms with Crippen LogP contribution in [0, 0.1) is 5.92 Å². The quantitative estimate of drug-likeness (QED) is 0.620. The Hall–Kier alpha value is -0.0400. The maximum absolute atomic E-state index is 9.49. The monoisotopic (exact) mass is 156 g/mol. The van der Waals surface area contributed by atoms with Crippen LogP contribution in [-0.2, 0) is 0 Å². The number of aliphatic hydroxyl groups is 1. The smallest absolute Gasteiger partial charge is 0.0568 e. The van der Waals surface area contributed by atoms with Crippen LogP contribution in [0.1, 0.15) is 51.9 Å². The van der Waals surface area contributed by atoms with E-state index in [-0.39, 0.29) is 6.10 Å². The van der Waals surface area contributed by atoms with Gasteiger partial charge in [0.25, 0.3) is 0 Å². The number of hydrogen-bond donors (Lipinski definition) is 1. The van der Waals surface area contributed by atoms with Gasteiger partial charge in [0.2, 0.25) is 0 Å². The minimum absolute atomic E-state index is 0.0341. The Labute approximate surface area is 69.8 Å². The molecule has 0 spiro atoms. The first-order valence-corrected chi connectivity index (χ1v) is 5.02. The minimum atomic E-state index is 0.0341. The lowest BCUT2D eigenvalue weighted by Crippen LogP contribution is -2.12. The summed E-state index contributed by atoms with van der Waals surface area (Å²) >= 11 is 0. The zero-order chi connectivity index (χ0) is 8.10. The van der Waals surface area contributed by atoms with E-state index in [0.29, 0.717) is 5.92 Å². The van der Waals surface area contributed by atoms with Crippen LogP contribution in [0.3, 0.4) is 0 Å². The predicted octanol–water partition coefficient (Wildman–Crippen LogP) is 2.73. The van der Waals surface area contributed by atoms with Gasteiger partial charge in [-0.15, -0.1) is 0 Å². The van der Waals surface area contributed by atoms with E-state index in [1.807, 2.05) is 0 Å². The molecule has 0 amide bonds. The third-order valence-corrected chi connectivity index (χ3v) is 2.80. The molecule has 0 unspecified atom stereocenters. The molecule has 0 aromatic carbocycles. The van der Waals surface area contributed by atoms with E-state index < -0.39 is 0 Å². The zero-order valence-corrected chi connectivity index (χ0v) is 7.55. The molecule has 1 fully saturated rings. The lowest BCUT2D eigenvalue weighted by atomic mass is 9.98. The average Bonchev–Trinajstić information content (AvgIpc) is 2.37. The Morgan fingerprint density at radius 2 is 2.09 bits per heavy atom. The molecule has 0 aliphatic heterocycles. The van der Waals surface area contributed by atoms with Crippen molar-refractivity contribution in [1.82, 2.24) is 0 Å². The standard InChI is InChI=1S/C10H20O/c1-2-3-4-6-9-7-5-8-10(9)11/h9-11H,2-8H2,1H3/t9-,10+/m0/s1. The molecule has 11 heavy (non-hydrogen) atoms. The maximum Gasteiger partial charge on any atom is 0.0568 e. The van der Waals surface area contributed by atoms with E-state index in [0.717, 1.165) is 6.42 Å². The third kappa shape index (κ3) is 2.82. The molecular weight excluding hydrogens is 136 g/mol. The first-order valence-electron chi connectivity index (χ1n) is 5.02. The first kappa shape index (κ1) is 9.05. The second-order valence-electron chi connectivity index (χ2n) is 3.75. The van der Waals surface area contributed by atoms with E-state index in [1.165, 1.54) is 38.5 Å². The zero-order valence-electron chi connectivity index (χ0n) is 7.55. The Morgan fingerprint density at radius 1 is 1.27 bits per heavy atom. The summed E-state index contributed by atoms with van der Waals surface area (Å²) in [5, 5.41) is 9.49. The van der Waals surface area contributed by atoms with Gasteiger partial charge < -0.3 is 5.11 Å². The van der Waals surface area contributed by atoms with E-state index >= 15 is 0 Å². The van der Waals surface area contributed by atoms with Crippen molar-refractivity contribution in [3.05, 3.63) is 0 Å². The summed E-state index contributed by atoms with van der Waals surface area (Å²) in [5.74, 6) is 0.640. The van der Waals surface area contributed by atoms with Crippen molar-refractivity contribution < 1.29 is 5.11 Å². The normalized spacial score (nSPS) is 31.1. The lowest BCUT2D eigenvalue weighted by Gasteiger charge is -2.12. The predicted molar refractivity (Wildman–Crippen MR) is 47.5 cm³/mol. The van der Waals surface area contributed by atoms with Crippen molar-refractivity contribution in [3.8, 4) is 0 Å². The SMILES string of the molecule is CCCCC[C@H]1CCC[C@H]1O. The molecule has 66 valence electrons. The molecule has 1 rings (SSSR count). The van der Waals surface area contributed by atoms with Crippen LogP contribution < -0.4 is 0 Å². The fourth-order valence-electron chi connectivity index (χ4n) is 2.01. The molecule has 1 nitrogen and oxygen atoms in total. The minimum Gasteiger partial charge on any atom is -0.393 e. The molecule has 1 aliphatic carbocycles. The molecule has 0 aromatic heterocycles. The summed E-state index contributed by atoms with van der Waals surface area (Å²) in [7, 11) is 0. The molecule has 0 saturated heterocycles. The van der Waals surface area contributed by atoms with Crippen LogP contribution in [0.15, 0.2) is 0 Å². The van der Waals surface area contributed by atoms with Gasteiger partial charge in [0.05, 0.1) is 6.10 Å². The van der Waals surface area contributed by atoms with Gasteiger partial charge in [0.1, 0.15) is 0 Å². The summed E-state index contributed by atoms with van der Waals surface area (Å²) < 4.78 is 0. The van der Waals surface area contributed by atoms with E-state index in [9.17, 15) is 5.11 Å². The van der Waals surface area contributed by atoms with Crippen LogP contribution in [0.25, 0.3) is 0 Å². The number of aliphatic hydroxyl groups excluding tert-OH is 1. The average molecular weight is 156 g/mol. The van der Waals surface area contributed by atoms with Gasteiger partial charge >= 0.3 is 0 Å². The van der Waals surface area contributed by atoms with Crippen LogP contribution in [-0.4, -0.2) is 11.2 Å². The molecular formula is C10H20O. The van der Waals surface area contributed by atoms with Gasteiger partial charge in [0, 0.05) is 0 Å². The molecule has 1 heteroatoms. The molecule has 1 N–H and O–H groups in total. The van der Waals surface area contributed by atoms with Crippen molar-refractivity contribution in [2.45, 2.75) is 58.0 Å². The summed E-state index contributed by atoms with van der Waals surface area (Å²) in [5.41, 5.74) is 0. The Kier molecular flexibility index (Phi) is 3.92. The van der Waals surface area contributed by atoms with Crippen LogP contribution in [0.2, 0.25) is 0 Å². The molecule has 1 aliphatic rings. The Bertz CT molecular complexity index is 101. The topological polar surface area (TPSA) is 20.2 Å². The summed E-state index contributed by atoms with van der Waals surface area (Å²) in [4.78, 5) is 0. The molecule has 1 saturated carbocycles. The molecule has 0 bridgehead atoms. The van der Waals surface area contributed by atoms with Crippen molar-refractivity contribution in [3.63, 3.8) is 0 Å². The fraction of sp³-hybridized carbons (Fsp3) is 1.00. The van der Waals surface area contributed by atoms with Gasteiger partial charge in [-0.05, 0) is 25.2 Å². The van der Waals surface area contributed by atoms with Crippen LogP contribution in [0.4, 0.5) is 0 Å². The van der Waals surface area contributed by atoms with Gasteiger partial charge in [0.15, 0.2) is 0 Å². The third-order valence-electron chi connectivity index (χ3n) is 2.80. The van der Waals surface area contributed by atoms with Crippen LogP contribution in [0.5, 0.6) is 0 Å². The summed E-state index contributed by atoms with van der Waals surface area (Å²) in [6.07, 6.45) is 8.81. The van der Waals surface area contributed by atoms with Crippen molar-refractivity contribution in [1.29, 1.82) is 0 Å². The molecule has 0 radical (unpaired) electrons. The van der Waals surface area contributed by atoms with E-state index in [4.69, 9.17) is 0 Å². The molecule has 0 heterocycles. The van der Waals surface area contributed by atoms with E-state index in [1.54, 1.807) is 0 Å². The van der Waals surface area contributed by atoms with Gasteiger partial charge in [-0.25, -0.2) is 0 Å². The Balaban J connectivity index is 2.05. The van der Waals surface area contributed by atoms with Gasteiger partial charge in [-0.3, -0.25) is 0 Å². The highest BCUT2D eigenvalue weighted by Crippen LogP contribution is 2.29. The van der Waals surface area contributed by atoms with Crippen molar-refractivity contribution in [2.24, 2.45) is 5.92 Å². The fourth-order valence-corrected chi connectivity index (χ4v) is 2.01. The Morgan fingerprint density at radius 3 is 2.64 bits per heavy atom. The summed E-state index contributed by atoms with van der Waals surface area (Å²) in [6, 6.07) is 0. The van der Waals surface area contributed by atoms with Gasteiger partial charge in [-0.2, -0.15) is 0 Å². The summed E-state index contributed by atoms with van der Waals surface area (Å²) in [6.45, 7) is 2.23.